The minimum Gasteiger partial charge on any atom is -0.425 e. The molecule has 1 N–H and O–H groups in total. The van der Waals surface area contributed by atoms with E-state index in [1.54, 1.807) is 24.3 Å². The van der Waals surface area contributed by atoms with Crippen molar-refractivity contribution >= 4 is 50.9 Å². The molecule has 3 rings (SSSR count). The highest BCUT2D eigenvalue weighted by atomic mass is 79.9. The van der Waals surface area contributed by atoms with E-state index in [0.29, 0.717) is 27.5 Å². The van der Waals surface area contributed by atoms with Crippen molar-refractivity contribution in [1.82, 2.24) is 5.32 Å². The average molecular weight is 438 g/mol. The third kappa shape index (κ3) is 5.20. The Bertz CT molecular complexity index is 756. The maximum absolute atomic E-state index is 12.1. The van der Waals surface area contributed by atoms with Crippen LogP contribution in [0, 0.1) is 5.92 Å². The van der Waals surface area contributed by atoms with E-state index < -0.39 is 5.91 Å². The van der Waals surface area contributed by atoms with E-state index in [1.807, 2.05) is 0 Å². The molecule has 1 aromatic rings. The Morgan fingerprint density at radius 1 is 1.27 bits per heavy atom. The maximum Gasteiger partial charge on any atom is 0.311 e. The lowest BCUT2D eigenvalue weighted by molar-refractivity contribution is -0.134. The molecule has 0 aromatic heterocycles. The van der Waals surface area contributed by atoms with Crippen LogP contribution in [0.15, 0.2) is 27.6 Å². The summed E-state index contributed by atoms with van der Waals surface area (Å²) in [5, 5.41) is 1.84. The molecule has 2 amide bonds. The van der Waals surface area contributed by atoms with Crippen molar-refractivity contribution in [1.29, 1.82) is 0 Å². The molecule has 1 aliphatic carbocycles. The van der Waals surface area contributed by atoms with Crippen LogP contribution >= 0.6 is 27.7 Å². The zero-order chi connectivity index (χ0) is 18.5. The Kier molecular flexibility index (Phi) is 6.53. The molecule has 0 radical (unpaired) electrons. The van der Waals surface area contributed by atoms with Gasteiger partial charge in [0.05, 0.1) is 9.38 Å². The number of halogens is 1. The molecule has 1 aliphatic heterocycles. The third-order valence-corrected chi connectivity index (χ3v) is 6.03. The highest BCUT2D eigenvalue weighted by Gasteiger charge is 2.25. The second kappa shape index (κ2) is 8.86. The summed E-state index contributed by atoms with van der Waals surface area (Å²) >= 11 is 4.27. The smallest absolute Gasteiger partial charge is 0.311 e. The van der Waals surface area contributed by atoms with Crippen LogP contribution in [0.1, 0.15) is 50.5 Å². The van der Waals surface area contributed by atoms with Crippen LogP contribution in [0.4, 0.5) is 4.79 Å². The predicted octanol–water partition coefficient (Wildman–Crippen LogP) is 5.04. The second-order valence-corrected chi connectivity index (χ2v) is 8.43. The van der Waals surface area contributed by atoms with Gasteiger partial charge in [0.25, 0.3) is 11.1 Å². The topological polar surface area (TPSA) is 72.5 Å². The summed E-state index contributed by atoms with van der Waals surface area (Å²) < 4.78 is 6.09. The fourth-order valence-electron chi connectivity index (χ4n) is 3.23. The quantitative estimate of drug-likeness (QED) is 0.396. The third-order valence-electron chi connectivity index (χ3n) is 4.60. The maximum atomic E-state index is 12.1. The minimum absolute atomic E-state index is 0.223. The van der Waals surface area contributed by atoms with Crippen LogP contribution in [0.25, 0.3) is 6.08 Å². The summed E-state index contributed by atoms with van der Waals surface area (Å²) in [7, 11) is 0. The van der Waals surface area contributed by atoms with Crippen LogP contribution in [-0.4, -0.2) is 17.1 Å². The number of amides is 2. The standard InChI is InChI=1S/C19H20BrNO4S/c20-14-10-13(11-16-18(23)21-19(24)26-16)6-8-15(14)25-17(22)9-7-12-4-2-1-3-5-12/h6,8,10-12H,1-5,7,9H2,(H,21,23,24). The first kappa shape index (κ1) is 19.2. The Balaban J connectivity index is 1.57. The van der Waals surface area contributed by atoms with Crippen LogP contribution in [0.2, 0.25) is 0 Å². The van der Waals surface area contributed by atoms with Crippen molar-refractivity contribution in [3.05, 3.63) is 33.1 Å². The van der Waals surface area contributed by atoms with E-state index in [-0.39, 0.29) is 11.2 Å². The first-order chi connectivity index (χ1) is 12.5. The number of esters is 1. The summed E-state index contributed by atoms with van der Waals surface area (Å²) in [5.74, 6) is 0.486. The van der Waals surface area contributed by atoms with E-state index in [0.717, 1.165) is 23.7 Å². The summed E-state index contributed by atoms with van der Waals surface area (Å²) in [5.41, 5.74) is 0.742. The number of benzene rings is 1. The van der Waals surface area contributed by atoms with Gasteiger partial charge in [-0.3, -0.25) is 19.7 Å². The van der Waals surface area contributed by atoms with E-state index in [4.69, 9.17) is 4.74 Å². The normalized spacial score (nSPS) is 19.7. The largest absolute Gasteiger partial charge is 0.425 e. The van der Waals surface area contributed by atoms with Crippen LogP contribution in [0.5, 0.6) is 5.75 Å². The van der Waals surface area contributed by atoms with Gasteiger partial charge in [0.15, 0.2) is 0 Å². The minimum atomic E-state index is -0.394. The van der Waals surface area contributed by atoms with E-state index >= 15 is 0 Å². The Morgan fingerprint density at radius 3 is 2.69 bits per heavy atom. The molecule has 1 saturated heterocycles. The number of carbonyl (C=O) groups excluding carboxylic acids is 3. The molecule has 1 heterocycles. The predicted molar refractivity (Wildman–Crippen MR) is 105 cm³/mol. The van der Waals surface area contributed by atoms with Crippen molar-refractivity contribution < 1.29 is 19.1 Å². The zero-order valence-corrected chi connectivity index (χ0v) is 16.7. The molecular weight excluding hydrogens is 418 g/mol. The Labute approximate surface area is 165 Å². The summed E-state index contributed by atoms with van der Waals surface area (Å²) in [6.45, 7) is 0. The van der Waals surface area contributed by atoms with Gasteiger partial charge >= 0.3 is 5.97 Å². The molecule has 0 unspecified atom stereocenters. The van der Waals surface area contributed by atoms with Crippen LogP contribution in [-0.2, 0) is 9.59 Å². The highest BCUT2D eigenvalue weighted by Crippen LogP contribution is 2.31. The Hall–Kier alpha value is -1.60. The van der Waals surface area contributed by atoms with Crippen LogP contribution in [0.3, 0.4) is 0 Å². The van der Waals surface area contributed by atoms with Crippen molar-refractivity contribution in [2.24, 2.45) is 5.92 Å². The first-order valence-corrected chi connectivity index (χ1v) is 10.4. The van der Waals surface area contributed by atoms with E-state index in [2.05, 4.69) is 21.2 Å². The van der Waals surface area contributed by atoms with Crippen molar-refractivity contribution in [3.63, 3.8) is 0 Å². The number of thioether (sulfide) groups is 1. The molecular formula is C19H20BrNO4S. The Morgan fingerprint density at radius 2 is 2.04 bits per heavy atom. The van der Waals surface area contributed by atoms with Gasteiger partial charge in [-0.05, 0) is 63.8 Å². The van der Waals surface area contributed by atoms with Crippen molar-refractivity contribution in [2.45, 2.75) is 44.9 Å². The number of carbonyl (C=O) groups is 3. The average Bonchev–Trinajstić information content (AvgIpc) is 2.93. The number of rotatable bonds is 5. The molecule has 1 aromatic carbocycles. The SMILES string of the molecule is O=C(CCC1CCCCC1)Oc1ccc(C=C2SC(=O)NC2=O)cc1Br. The molecule has 7 heteroatoms. The lowest BCUT2D eigenvalue weighted by atomic mass is 9.86. The van der Waals surface area contributed by atoms with E-state index in [9.17, 15) is 14.4 Å². The molecule has 5 nitrogen and oxygen atoms in total. The van der Waals surface area contributed by atoms with Gasteiger partial charge in [-0.1, -0.05) is 38.2 Å². The second-order valence-electron chi connectivity index (χ2n) is 6.56. The molecule has 2 aliphatic rings. The van der Waals surface area contributed by atoms with Crippen molar-refractivity contribution in [3.8, 4) is 5.75 Å². The summed E-state index contributed by atoms with van der Waals surface area (Å²) in [6, 6.07) is 5.19. The number of hydrogen-bond donors (Lipinski definition) is 1. The van der Waals surface area contributed by atoms with Gasteiger partial charge in [0.1, 0.15) is 5.75 Å². The summed E-state index contributed by atoms with van der Waals surface area (Å²) in [6.07, 6.45) is 9.23. The molecule has 26 heavy (non-hydrogen) atoms. The lowest BCUT2D eigenvalue weighted by Crippen LogP contribution is -2.17. The van der Waals surface area contributed by atoms with Crippen LogP contribution < -0.4 is 10.1 Å². The highest BCUT2D eigenvalue weighted by molar-refractivity contribution is 9.10. The van der Waals surface area contributed by atoms with Gasteiger partial charge in [0.2, 0.25) is 0 Å². The van der Waals surface area contributed by atoms with E-state index in [1.165, 1.54) is 32.1 Å². The van der Waals surface area contributed by atoms with Gasteiger partial charge < -0.3 is 4.74 Å². The number of ether oxygens (including phenoxy) is 1. The lowest BCUT2D eigenvalue weighted by Gasteiger charge is -2.20. The number of nitrogens with one attached hydrogen (secondary N) is 1. The van der Waals surface area contributed by atoms with Crippen molar-refractivity contribution in [2.75, 3.05) is 0 Å². The molecule has 0 spiro atoms. The first-order valence-electron chi connectivity index (χ1n) is 8.76. The molecule has 138 valence electrons. The molecule has 0 bridgehead atoms. The molecule has 0 atom stereocenters. The fraction of sp³-hybridized carbons (Fsp3) is 0.421. The molecule has 1 saturated carbocycles. The number of hydrogen-bond acceptors (Lipinski definition) is 5. The zero-order valence-electron chi connectivity index (χ0n) is 14.3. The number of imide groups is 1. The monoisotopic (exact) mass is 437 g/mol. The molecule has 2 fully saturated rings. The van der Waals surface area contributed by atoms with Gasteiger partial charge in [0, 0.05) is 6.42 Å². The van der Waals surface area contributed by atoms with Gasteiger partial charge in [-0.2, -0.15) is 0 Å². The summed E-state index contributed by atoms with van der Waals surface area (Å²) in [4.78, 5) is 35.2. The fourth-order valence-corrected chi connectivity index (χ4v) is 4.39. The van der Waals surface area contributed by atoms with Gasteiger partial charge in [-0.15, -0.1) is 0 Å². The van der Waals surface area contributed by atoms with Gasteiger partial charge in [-0.25, -0.2) is 0 Å².